The molecule has 0 unspecified atom stereocenters. The van der Waals surface area contributed by atoms with Crippen molar-refractivity contribution in [2.75, 3.05) is 11.9 Å². The van der Waals surface area contributed by atoms with Crippen LogP contribution in [0.4, 0.5) is 5.69 Å². The largest absolute Gasteiger partial charge is 0.326 e. The van der Waals surface area contributed by atoms with Crippen molar-refractivity contribution in [2.24, 2.45) is 11.8 Å². The van der Waals surface area contributed by atoms with Gasteiger partial charge in [0.1, 0.15) is 0 Å². The summed E-state index contributed by atoms with van der Waals surface area (Å²) in [7, 11) is 0. The molecule has 1 aliphatic heterocycles. The van der Waals surface area contributed by atoms with Crippen LogP contribution in [-0.4, -0.2) is 29.2 Å². The van der Waals surface area contributed by atoms with Crippen molar-refractivity contribution in [1.29, 1.82) is 0 Å². The number of nitrogens with zero attached hydrogens (tertiary/aromatic N) is 1. The van der Waals surface area contributed by atoms with Gasteiger partial charge in [-0.25, -0.2) is 0 Å². The number of nitrogens with one attached hydrogen (secondary N) is 1. The van der Waals surface area contributed by atoms with Gasteiger partial charge in [-0.15, -0.1) is 0 Å². The fraction of sp³-hybridized carbons (Fsp3) is 0.450. The highest BCUT2D eigenvalue weighted by Gasteiger charge is 2.46. The number of aryl methyl sites for hydroxylation is 1. The smallest absolute Gasteiger partial charge is 0.233 e. The normalized spacial score (nSPS) is 22.2. The van der Waals surface area contributed by atoms with Crippen LogP contribution in [0.2, 0.25) is 0 Å². The van der Waals surface area contributed by atoms with E-state index in [4.69, 9.17) is 0 Å². The number of rotatable bonds is 6. The minimum Gasteiger partial charge on any atom is -0.326 e. The molecular formula is C20H24N2O3. The second kappa shape index (κ2) is 7.64. The van der Waals surface area contributed by atoms with Crippen LogP contribution in [0.15, 0.2) is 36.4 Å². The Balaban J connectivity index is 1.50. The Bertz CT molecular complexity index is 685. The van der Waals surface area contributed by atoms with Crippen LogP contribution in [0, 0.1) is 11.8 Å². The van der Waals surface area contributed by atoms with Gasteiger partial charge in [-0.1, -0.05) is 37.3 Å². The first-order valence-electron chi connectivity index (χ1n) is 8.99. The van der Waals surface area contributed by atoms with Crippen LogP contribution in [-0.2, 0) is 20.8 Å². The van der Waals surface area contributed by atoms with E-state index in [0.29, 0.717) is 32.2 Å². The maximum Gasteiger partial charge on any atom is 0.233 e. The predicted molar refractivity (Wildman–Crippen MR) is 95.8 cm³/mol. The Kier molecular flexibility index (Phi) is 5.31. The third kappa shape index (κ3) is 3.65. The highest BCUT2D eigenvalue weighted by Crippen LogP contribution is 2.35. The van der Waals surface area contributed by atoms with Crippen molar-refractivity contribution >= 4 is 23.4 Å². The Morgan fingerprint density at radius 2 is 1.76 bits per heavy atom. The third-order valence-corrected chi connectivity index (χ3v) is 5.06. The summed E-state index contributed by atoms with van der Waals surface area (Å²) in [4.78, 5) is 38.3. The van der Waals surface area contributed by atoms with Crippen LogP contribution < -0.4 is 5.32 Å². The van der Waals surface area contributed by atoms with Crippen LogP contribution >= 0.6 is 0 Å². The zero-order valence-electron chi connectivity index (χ0n) is 14.5. The molecule has 1 fully saturated rings. The molecule has 2 aliphatic rings. The van der Waals surface area contributed by atoms with E-state index in [1.165, 1.54) is 4.90 Å². The Hall–Kier alpha value is -2.43. The summed E-state index contributed by atoms with van der Waals surface area (Å²) in [6.07, 6.45) is 6.90. The lowest BCUT2D eigenvalue weighted by Gasteiger charge is -2.15. The van der Waals surface area contributed by atoms with E-state index in [9.17, 15) is 14.4 Å². The average molecular weight is 340 g/mol. The van der Waals surface area contributed by atoms with E-state index in [0.717, 1.165) is 17.7 Å². The van der Waals surface area contributed by atoms with Gasteiger partial charge in [-0.3, -0.25) is 19.3 Å². The third-order valence-electron chi connectivity index (χ3n) is 5.06. The molecule has 1 heterocycles. The molecule has 1 aromatic rings. The van der Waals surface area contributed by atoms with E-state index in [1.54, 1.807) is 0 Å². The molecule has 1 aliphatic carbocycles. The number of anilines is 1. The predicted octanol–water partition coefficient (Wildman–Crippen LogP) is 2.92. The van der Waals surface area contributed by atoms with Gasteiger partial charge in [0, 0.05) is 18.7 Å². The van der Waals surface area contributed by atoms with Crippen LogP contribution in [0.25, 0.3) is 0 Å². The number of fused-ring (bicyclic) bond motifs is 1. The molecule has 0 spiro atoms. The van der Waals surface area contributed by atoms with E-state index in [1.807, 2.05) is 43.3 Å². The Morgan fingerprint density at radius 3 is 2.40 bits per heavy atom. The first kappa shape index (κ1) is 17.4. The molecule has 0 aromatic heterocycles. The monoisotopic (exact) mass is 340 g/mol. The molecule has 1 saturated heterocycles. The van der Waals surface area contributed by atoms with Gasteiger partial charge in [0.25, 0.3) is 0 Å². The van der Waals surface area contributed by atoms with E-state index < -0.39 is 0 Å². The second-order valence-electron chi connectivity index (χ2n) is 6.65. The van der Waals surface area contributed by atoms with Gasteiger partial charge in [-0.2, -0.15) is 0 Å². The molecule has 0 saturated carbocycles. The van der Waals surface area contributed by atoms with Crippen LogP contribution in [0.5, 0.6) is 0 Å². The topological polar surface area (TPSA) is 66.5 Å². The van der Waals surface area contributed by atoms with Crippen molar-refractivity contribution in [3.63, 3.8) is 0 Å². The number of para-hydroxylation sites is 1. The summed E-state index contributed by atoms with van der Waals surface area (Å²) in [5.41, 5.74) is 1.93. The number of benzene rings is 1. The van der Waals surface area contributed by atoms with Crippen LogP contribution in [0.1, 0.15) is 38.2 Å². The fourth-order valence-corrected chi connectivity index (χ4v) is 3.65. The summed E-state index contributed by atoms with van der Waals surface area (Å²) >= 11 is 0. The van der Waals surface area contributed by atoms with Gasteiger partial charge in [0.2, 0.25) is 17.7 Å². The molecule has 0 bridgehead atoms. The Morgan fingerprint density at radius 1 is 1.12 bits per heavy atom. The zero-order valence-corrected chi connectivity index (χ0v) is 14.5. The van der Waals surface area contributed by atoms with Gasteiger partial charge >= 0.3 is 0 Å². The van der Waals surface area contributed by atoms with Crippen molar-refractivity contribution in [2.45, 2.75) is 39.0 Å². The first-order valence-corrected chi connectivity index (χ1v) is 8.99. The molecule has 1 aromatic carbocycles. The highest BCUT2D eigenvalue weighted by atomic mass is 16.2. The van der Waals surface area contributed by atoms with Crippen LogP contribution in [0.3, 0.4) is 0 Å². The first-order chi connectivity index (χ1) is 12.1. The number of carbonyl (C=O) groups is 3. The van der Waals surface area contributed by atoms with Gasteiger partial charge < -0.3 is 5.32 Å². The minimum absolute atomic E-state index is 0.0731. The number of likely N-dealkylation sites (tertiary alicyclic amines) is 1. The summed E-state index contributed by atoms with van der Waals surface area (Å²) in [6.45, 7) is 2.37. The maximum atomic E-state index is 12.4. The second-order valence-corrected chi connectivity index (χ2v) is 6.65. The molecule has 3 rings (SSSR count). The number of hydrogen-bond donors (Lipinski definition) is 1. The molecule has 1 N–H and O–H groups in total. The molecule has 0 radical (unpaired) electrons. The number of allylic oxidation sites excluding steroid dienone is 2. The molecule has 5 nitrogen and oxygen atoms in total. The zero-order chi connectivity index (χ0) is 17.8. The molecule has 3 amide bonds. The molecule has 2 atom stereocenters. The van der Waals surface area contributed by atoms with Crippen molar-refractivity contribution in [3.05, 3.63) is 42.0 Å². The molecule has 25 heavy (non-hydrogen) atoms. The quantitative estimate of drug-likeness (QED) is 0.639. The lowest BCUT2D eigenvalue weighted by Crippen LogP contribution is -2.32. The van der Waals surface area contributed by atoms with Crippen molar-refractivity contribution < 1.29 is 14.4 Å². The number of imide groups is 1. The fourth-order valence-electron chi connectivity index (χ4n) is 3.65. The van der Waals surface area contributed by atoms with Crippen molar-refractivity contribution in [1.82, 2.24) is 4.90 Å². The lowest BCUT2D eigenvalue weighted by molar-refractivity contribution is -0.140. The molecule has 5 heteroatoms. The summed E-state index contributed by atoms with van der Waals surface area (Å²) < 4.78 is 0. The summed E-state index contributed by atoms with van der Waals surface area (Å²) in [5, 5.41) is 2.92. The van der Waals surface area contributed by atoms with Gasteiger partial charge in [0.05, 0.1) is 11.8 Å². The standard InChI is InChI=1S/C20H24N2O3/c1-2-14-8-3-6-11-17(14)21-18(23)12-7-13-22-19(24)15-9-4-5-10-16(15)20(22)25/h3-6,8,11,15-16H,2,7,9-10,12-13H2,1H3,(H,21,23)/t15-,16+. The van der Waals surface area contributed by atoms with E-state index >= 15 is 0 Å². The Labute approximate surface area is 148 Å². The highest BCUT2D eigenvalue weighted by molar-refractivity contribution is 6.05. The number of hydrogen-bond acceptors (Lipinski definition) is 3. The number of carbonyl (C=O) groups excluding carboxylic acids is 3. The van der Waals surface area contributed by atoms with E-state index in [-0.39, 0.29) is 29.6 Å². The lowest BCUT2D eigenvalue weighted by atomic mass is 9.85. The van der Waals surface area contributed by atoms with Crippen molar-refractivity contribution in [3.8, 4) is 0 Å². The maximum absolute atomic E-state index is 12.4. The molecular weight excluding hydrogens is 316 g/mol. The summed E-state index contributed by atoms with van der Waals surface area (Å²) in [6, 6.07) is 7.73. The average Bonchev–Trinajstić information content (AvgIpc) is 2.87. The van der Waals surface area contributed by atoms with Gasteiger partial charge in [-0.05, 0) is 37.3 Å². The minimum atomic E-state index is -0.192. The number of amides is 3. The van der Waals surface area contributed by atoms with Gasteiger partial charge in [0.15, 0.2) is 0 Å². The SMILES string of the molecule is CCc1ccccc1NC(=O)CCCN1C(=O)[C@H]2CC=CC[C@H]2C1=O. The van der Waals surface area contributed by atoms with E-state index in [2.05, 4.69) is 5.32 Å². The summed E-state index contributed by atoms with van der Waals surface area (Å²) in [5.74, 6) is -0.614. The molecule has 132 valence electrons.